The molecule has 2 atom stereocenters. The van der Waals surface area contributed by atoms with Crippen LogP contribution in [0.15, 0.2) is 59.5 Å². The van der Waals surface area contributed by atoms with E-state index in [9.17, 15) is 14.4 Å². The molecule has 1 aliphatic rings. The molecule has 0 radical (unpaired) electrons. The standard InChI is InChI=1S/C23H27N3O3S/c1-16(17-9-5-4-6-10-17)26-14-18(13-22(26)28)23(29)25(2)15-21(27)24-19-11-7-8-12-20(19)30-3/h4-12,16,18H,13-15H2,1-3H3,(H,24,27)/t16-,18+/m0/s1. The minimum Gasteiger partial charge on any atom is -0.336 e. The lowest BCUT2D eigenvalue weighted by molar-refractivity contribution is -0.137. The van der Waals surface area contributed by atoms with E-state index in [1.165, 1.54) is 4.90 Å². The van der Waals surface area contributed by atoms with Crippen molar-refractivity contribution < 1.29 is 14.4 Å². The molecule has 30 heavy (non-hydrogen) atoms. The van der Waals surface area contributed by atoms with Crippen molar-refractivity contribution in [1.82, 2.24) is 9.80 Å². The summed E-state index contributed by atoms with van der Waals surface area (Å²) in [6.45, 7) is 2.29. The molecule has 0 aliphatic carbocycles. The predicted molar refractivity (Wildman–Crippen MR) is 119 cm³/mol. The van der Waals surface area contributed by atoms with Gasteiger partial charge in [-0.2, -0.15) is 0 Å². The number of rotatable bonds is 7. The first-order chi connectivity index (χ1) is 14.4. The highest BCUT2D eigenvalue weighted by atomic mass is 32.2. The van der Waals surface area contributed by atoms with Crippen LogP contribution in [-0.2, 0) is 14.4 Å². The molecule has 0 unspecified atom stereocenters. The molecular weight excluding hydrogens is 398 g/mol. The second-order valence-electron chi connectivity index (χ2n) is 7.48. The van der Waals surface area contributed by atoms with Crippen molar-refractivity contribution in [2.45, 2.75) is 24.3 Å². The van der Waals surface area contributed by atoms with Crippen LogP contribution in [0.1, 0.15) is 24.9 Å². The van der Waals surface area contributed by atoms with Gasteiger partial charge in [0.25, 0.3) is 0 Å². The maximum atomic E-state index is 12.9. The van der Waals surface area contributed by atoms with Gasteiger partial charge >= 0.3 is 0 Å². The summed E-state index contributed by atoms with van der Waals surface area (Å²) in [7, 11) is 1.61. The van der Waals surface area contributed by atoms with Crippen LogP contribution in [0.4, 0.5) is 5.69 Å². The van der Waals surface area contributed by atoms with Crippen molar-refractivity contribution in [3.63, 3.8) is 0 Å². The first-order valence-electron chi connectivity index (χ1n) is 9.93. The van der Waals surface area contributed by atoms with Crippen LogP contribution >= 0.6 is 11.8 Å². The Bertz CT molecular complexity index is 919. The number of likely N-dealkylation sites (N-methyl/N-ethyl adjacent to an activating group) is 1. The van der Waals surface area contributed by atoms with E-state index < -0.39 is 5.92 Å². The molecule has 6 nitrogen and oxygen atoms in total. The number of thioether (sulfide) groups is 1. The average Bonchev–Trinajstić information content (AvgIpc) is 3.15. The van der Waals surface area contributed by atoms with Gasteiger partial charge in [-0.1, -0.05) is 42.5 Å². The van der Waals surface area contributed by atoms with Crippen LogP contribution in [0.25, 0.3) is 0 Å². The maximum Gasteiger partial charge on any atom is 0.244 e. The summed E-state index contributed by atoms with van der Waals surface area (Å²) >= 11 is 1.55. The van der Waals surface area contributed by atoms with Crippen LogP contribution in [0.3, 0.4) is 0 Å². The van der Waals surface area contributed by atoms with Crippen LogP contribution in [0.5, 0.6) is 0 Å². The van der Waals surface area contributed by atoms with Crippen molar-refractivity contribution in [3.8, 4) is 0 Å². The van der Waals surface area contributed by atoms with Gasteiger partial charge in [-0.3, -0.25) is 14.4 Å². The SMILES string of the molecule is CSc1ccccc1NC(=O)CN(C)C(=O)[C@@H]1CC(=O)N([C@@H](C)c2ccccc2)C1. The molecule has 3 amide bonds. The third-order valence-electron chi connectivity index (χ3n) is 5.40. The molecule has 1 N–H and O–H groups in total. The molecule has 1 aliphatic heterocycles. The fraction of sp³-hybridized carbons (Fsp3) is 0.348. The van der Waals surface area contributed by atoms with Gasteiger partial charge in [-0.25, -0.2) is 0 Å². The molecule has 0 spiro atoms. The Kier molecular flexibility index (Phi) is 7.15. The number of amides is 3. The number of nitrogens with zero attached hydrogens (tertiary/aromatic N) is 2. The van der Waals surface area contributed by atoms with E-state index in [1.54, 1.807) is 23.7 Å². The molecule has 7 heteroatoms. The number of hydrogen-bond donors (Lipinski definition) is 1. The summed E-state index contributed by atoms with van der Waals surface area (Å²) in [5.74, 6) is -0.901. The number of carbonyl (C=O) groups excluding carboxylic acids is 3. The first-order valence-corrected chi connectivity index (χ1v) is 11.2. The topological polar surface area (TPSA) is 69.7 Å². The third-order valence-corrected chi connectivity index (χ3v) is 6.19. The summed E-state index contributed by atoms with van der Waals surface area (Å²) in [4.78, 5) is 42.0. The lowest BCUT2D eigenvalue weighted by atomic mass is 10.1. The van der Waals surface area contributed by atoms with E-state index in [0.29, 0.717) is 6.54 Å². The number of carbonyl (C=O) groups is 3. The first kappa shape index (κ1) is 21.9. The fourth-order valence-corrected chi connectivity index (χ4v) is 4.28. The monoisotopic (exact) mass is 425 g/mol. The Hall–Kier alpha value is -2.80. The quantitative estimate of drug-likeness (QED) is 0.690. The molecular formula is C23H27N3O3S. The van der Waals surface area contributed by atoms with E-state index in [2.05, 4.69) is 5.32 Å². The van der Waals surface area contributed by atoms with Crippen LogP contribution in [0, 0.1) is 5.92 Å². The minimum atomic E-state index is -0.431. The second kappa shape index (κ2) is 9.80. The maximum absolute atomic E-state index is 12.9. The third kappa shape index (κ3) is 5.02. The molecule has 1 heterocycles. The average molecular weight is 426 g/mol. The summed E-state index contributed by atoms with van der Waals surface area (Å²) < 4.78 is 0. The van der Waals surface area contributed by atoms with Crippen molar-refractivity contribution in [2.75, 3.05) is 31.7 Å². The lowest BCUT2D eigenvalue weighted by Crippen LogP contribution is -2.39. The lowest BCUT2D eigenvalue weighted by Gasteiger charge is -2.26. The zero-order valence-corrected chi connectivity index (χ0v) is 18.3. The Labute approximate surface area is 181 Å². The Morgan fingerprint density at radius 2 is 1.83 bits per heavy atom. The predicted octanol–water partition coefficient (Wildman–Crippen LogP) is 3.42. The summed E-state index contributed by atoms with van der Waals surface area (Å²) in [6.07, 6.45) is 2.12. The van der Waals surface area contributed by atoms with Gasteiger partial charge < -0.3 is 15.1 Å². The van der Waals surface area contributed by atoms with Gasteiger partial charge in [0.1, 0.15) is 0 Å². The van der Waals surface area contributed by atoms with Crippen molar-refractivity contribution >= 4 is 35.2 Å². The Morgan fingerprint density at radius 3 is 2.53 bits per heavy atom. The summed E-state index contributed by atoms with van der Waals surface area (Å²) in [5.41, 5.74) is 1.77. The molecule has 1 saturated heterocycles. The van der Waals surface area contributed by atoms with Crippen LogP contribution in [-0.4, -0.2) is 53.9 Å². The molecule has 1 fully saturated rings. The van der Waals surface area contributed by atoms with Gasteiger partial charge in [0.05, 0.1) is 24.2 Å². The Morgan fingerprint density at radius 1 is 1.17 bits per heavy atom. The van der Waals surface area contributed by atoms with Gasteiger partial charge in [-0.05, 0) is 30.9 Å². The normalized spacial score (nSPS) is 17.0. The molecule has 3 rings (SSSR count). The summed E-state index contributed by atoms with van der Waals surface area (Å²) in [5, 5.41) is 2.86. The van der Waals surface area contributed by atoms with E-state index in [4.69, 9.17) is 0 Å². The second-order valence-corrected chi connectivity index (χ2v) is 8.32. The highest BCUT2D eigenvalue weighted by molar-refractivity contribution is 7.98. The summed E-state index contributed by atoms with van der Waals surface area (Å²) in [6, 6.07) is 17.2. The zero-order valence-electron chi connectivity index (χ0n) is 17.5. The molecule has 158 valence electrons. The number of hydrogen-bond acceptors (Lipinski definition) is 4. The van der Waals surface area contributed by atoms with Gasteiger partial charge in [0, 0.05) is 24.9 Å². The van der Waals surface area contributed by atoms with Gasteiger partial charge in [-0.15, -0.1) is 11.8 Å². The number of nitrogens with one attached hydrogen (secondary N) is 1. The van der Waals surface area contributed by atoms with Gasteiger partial charge in [0.2, 0.25) is 17.7 Å². The van der Waals surface area contributed by atoms with E-state index in [0.717, 1.165) is 16.1 Å². The number of anilines is 1. The van der Waals surface area contributed by atoms with Crippen LogP contribution < -0.4 is 5.32 Å². The molecule has 0 aromatic heterocycles. The number of para-hydroxylation sites is 1. The van der Waals surface area contributed by atoms with Crippen molar-refractivity contribution in [2.24, 2.45) is 5.92 Å². The number of benzene rings is 2. The van der Waals surface area contributed by atoms with Crippen molar-refractivity contribution in [1.29, 1.82) is 0 Å². The molecule has 2 aromatic carbocycles. The smallest absolute Gasteiger partial charge is 0.244 e. The minimum absolute atomic E-state index is 0.0311. The van der Waals surface area contributed by atoms with Gasteiger partial charge in [0.15, 0.2) is 0 Å². The fourth-order valence-electron chi connectivity index (χ4n) is 3.73. The molecule has 0 bridgehead atoms. The largest absolute Gasteiger partial charge is 0.336 e. The van der Waals surface area contributed by atoms with E-state index in [1.807, 2.05) is 67.8 Å². The highest BCUT2D eigenvalue weighted by Crippen LogP contribution is 2.29. The van der Waals surface area contributed by atoms with E-state index >= 15 is 0 Å². The molecule has 2 aromatic rings. The van der Waals surface area contributed by atoms with Crippen LogP contribution in [0.2, 0.25) is 0 Å². The molecule has 0 saturated carbocycles. The number of likely N-dealkylation sites (tertiary alicyclic amines) is 1. The highest BCUT2D eigenvalue weighted by Gasteiger charge is 2.38. The van der Waals surface area contributed by atoms with E-state index in [-0.39, 0.29) is 36.7 Å². The van der Waals surface area contributed by atoms with Crippen molar-refractivity contribution in [3.05, 3.63) is 60.2 Å². The Balaban J connectivity index is 1.58. The zero-order chi connectivity index (χ0) is 21.7.